The van der Waals surface area contributed by atoms with Crippen LogP contribution >= 0.6 is 0 Å². The molecule has 0 unspecified atom stereocenters. The van der Waals surface area contributed by atoms with Crippen LogP contribution in [0.5, 0.6) is 0 Å². The van der Waals surface area contributed by atoms with E-state index in [0.29, 0.717) is 6.04 Å². The van der Waals surface area contributed by atoms with Gasteiger partial charge in [0.1, 0.15) is 5.82 Å². The molecule has 0 spiro atoms. The molecule has 4 heteroatoms. The summed E-state index contributed by atoms with van der Waals surface area (Å²) in [7, 11) is 1.45. The normalized spacial score (nSPS) is 24.1. The molecule has 2 rings (SSSR count). The summed E-state index contributed by atoms with van der Waals surface area (Å²) in [5.41, 5.74) is 0. The zero-order chi connectivity index (χ0) is 11.4. The average molecular weight is 220 g/mol. The maximum Gasteiger partial charge on any atom is 0.308 e. The third-order valence-electron chi connectivity index (χ3n) is 2.98. The van der Waals surface area contributed by atoms with Crippen molar-refractivity contribution in [2.45, 2.75) is 25.3 Å². The molecule has 1 aliphatic carbocycles. The molecule has 1 saturated carbocycles. The largest absolute Gasteiger partial charge is 0.469 e. The van der Waals surface area contributed by atoms with Crippen LogP contribution in [0.1, 0.15) is 19.3 Å². The van der Waals surface area contributed by atoms with Crippen LogP contribution in [0.3, 0.4) is 0 Å². The van der Waals surface area contributed by atoms with Crippen molar-refractivity contribution >= 4 is 11.8 Å². The summed E-state index contributed by atoms with van der Waals surface area (Å²) in [6, 6.07) is 6.10. The lowest BCUT2D eigenvalue weighted by molar-refractivity contribution is -0.145. The van der Waals surface area contributed by atoms with Crippen LogP contribution in [0.2, 0.25) is 0 Å². The molecule has 16 heavy (non-hydrogen) atoms. The number of anilines is 1. The lowest BCUT2D eigenvalue weighted by Crippen LogP contribution is -2.19. The maximum absolute atomic E-state index is 11.3. The Morgan fingerprint density at radius 1 is 1.50 bits per heavy atom. The first-order valence-electron chi connectivity index (χ1n) is 5.55. The van der Waals surface area contributed by atoms with Gasteiger partial charge in [-0.2, -0.15) is 0 Å². The first-order chi connectivity index (χ1) is 7.79. The van der Waals surface area contributed by atoms with E-state index in [9.17, 15) is 4.79 Å². The van der Waals surface area contributed by atoms with Crippen LogP contribution in [0.25, 0.3) is 0 Å². The smallest absolute Gasteiger partial charge is 0.308 e. The van der Waals surface area contributed by atoms with Gasteiger partial charge in [-0.3, -0.25) is 4.79 Å². The molecule has 0 bridgehead atoms. The molecule has 4 nitrogen and oxygen atoms in total. The van der Waals surface area contributed by atoms with E-state index < -0.39 is 0 Å². The van der Waals surface area contributed by atoms with Gasteiger partial charge in [-0.25, -0.2) is 4.98 Å². The SMILES string of the molecule is COC(=O)[C@H]1CC[C@@H](Nc2ccccn2)C1. The topological polar surface area (TPSA) is 51.2 Å². The Labute approximate surface area is 95.0 Å². The zero-order valence-corrected chi connectivity index (χ0v) is 9.35. The molecule has 0 aliphatic heterocycles. The number of methoxy groups -OCH3 is 1. The summed E-state index contributed by atoms with van der Waals surface area (Å²) in [4.78, 5) is 15.6. The highest BCUT2D eigenvalue weighted by Gasteiger charge is 2.30. The summed E-state index contributed by atoms with van der Waals surface area (Å²) in [5.74, 6) is 0.828. The number of rotatable bonds is 3. The van der Waals surface area contributed by atoms with Gasteiger partial charge in [0.05, 0.1) is 13.0 Å². The minimum absolute atomic E-state index is 0.0474. The number of hydrogen-bond acceptors (Lipinski definition) is 4. The number of hydrogen-bond donors (Lipinski definition) is 1. The number of esters is 1. The van der Waals surface area contributed by atoms with Crippen LogP contribution < -0.4 is 5.32 Å². The molecule has 1 aromatic heterocycles. The average Bonchev–Trinajstić information content (AvgIpc) is 2.78. The number of ether oxygens (including phenoxy) is 1. The van der Waals surface area contributed by atoms with Gasteiger partial charge >= 0.3 is 5.97 Å². The molecular weight excluding hydrogens is 204 g/mol. The molecule has 1 aromatic rings. The van der Waals surface area contributed by atoms with Crippen molar-refractivity contribution in [1.29, 1.82) is 0 Å². The fourth-order valence-electron chi connectivity index (χ4n) is 2.15. The van der Waals surface area contributed by atoms with Crippen LogP contribution in [-0.4, -0.2) is 24.1 Å². The molecule has 86 valence electrons. The van der Waals surface area contributed by atoms with Crippen molar-refractivity contribution in [2.24, 2.45) is 5.92 Å². The lowest BCUT2D eigenvalue weighted by Gasteiger charge is -2.12. The van der Waals surface area contributed by atoms with Crippen molar-refractivity contribution in [2.75, 3.05) is 12.4 Å². The minimum atomic E-state index is -0.0923. The predicted octanol–water partition coefficient (Wildman–Crippen LogP) is 1.84. The highest BCUT2D eigenvalue weighted by Crippen LogP contribution is 2.28. The molecule has 0 saturated heterocycles. The Balaban J connectivity index is 1.88. The van der Waals surface area contributed by atoms with Crippen molar-refractivity contribution < 1.29 is 9.53 Å². The van der Waals surface area contributed by atoms with Gasteiger partial charge in [-0.1, -0.05) is 6.07 Å². The van der Waals surface area contributed by atoms with Gasteiger partial charge < -0.3 is 10.1 Å². The second-order valence-electron chi connectivity index (χ2n) is 4.09. The number of aromatic nitrogens is 1. The van der Waals surface area contributed by atoms with Crippen molar-refractivity contribution in [3.63, 3.8) is 0 Å². The van der Waals surface area contributed by atoms with Gasteiger partial charge in [0.2, 0.25) is 0 Å². The lowest BCUT2D eigenvalue weighted by atomic mass is 10.1. The number of nitrogens with one attached hydrogen (secondary N) is 1. The van der Waals surface area contributed by atoms with Gasteiger partial charge in [-0.05, 0) is 31.4 Å². The number of pyridine rings is 1. The van der Waals surface area contributed by atoms with E-state index in [1.807, 2.05) is 18.2 Å². The van der Waals surface area contributed by atoms with E-state index in [4.69, 9.17) is 4.74 Å². The summed E-state index contributed by atoms with van der Waals surface area (Å²) in [5, 5.41) is 3.33. The first kappa shape index (κ1) is 10.9. The number of carbonyl (C=O) groups is 1. The Bertz CT molecular complexity index is 353. The van der Waals surface area contributed by atoms with E-state index >= 15 is 0 Å². The third-order valence-corrected chi connectivity index (χ3v) is 2.98. The molecule has 1 N–H and O–H groups in total. The standard InChI is InChI=1S/C12H16N2O2/c1-16-12(15)9-5-6-10(8-9)14-11-4-2-3-7-13-11/h2-4,7,9-10H,5-6,8H2,1H3,(H,13,14)/t9-,10+/m0/s1. The monoisotopic (exact) mass is 220 g/mol. The fourth-order valence-corrected chi connectivity index (χ4v) is 2.15. The maximum atomic E-state index is 11.3. The molecule has 1 aliphatic rings. The molecule has 0 radical (unpaired) electrons. The number of nitrogens with zero attached hydrogens (tertiary/aromatic N) is 1. The van der Waals surface area contributed by atoms with Crippen molar-refractivity contribution in [3.05, 3.63) is 24.4 Å². The molecule has 0 aromatic carbocycles. The van der Waals surface area contributed by atoms with Crippen LogP contribution in [0.4, 0.5) is 5.82 Å². The van der Waals surface area contributed by atoms with E-state index in [-0.39, 0.29) is 11.9 Å². The zero-order valence-electron chi connectivity index (χ0n) is 9.35. The van der Waals surface area contributed by atoms with E-state index in [1.54, 1.807) is 6.20 Å². The van der Waals surface area contributed by atoms with Crippen molar-refractivity contribution in [3.8, 4) is 0 Å². The second kappa shape index (κ2) is 4.96. The second-order valence-corrected chi connectivity index (χ2v) is 4.09. The minimum Gasteiger partial charge on any atom is -0.469 e. The summed E-state index contributed by atoms with van der Waals surface area (Å²) >= 11 is 0. The summed E-state index contributed by atoms with van der Waals surface area (Å²) in [6.07, 6.45) is 4.49. The summed E-state index contributed by atoms with van der Waals surface area (Å²) in [6.45, 7) is 0. The van der Waals surface area contributed by atoms with Crippen LogP contribution in [-0.2, 0) is 9.53 Å². The molecule has 1 fully saturated rings. The summed E-state index contributed by atoms with van der Waals surface area (Å²) < 4.78 is 4.75. The highest BCUT2D eigenvalue weighted by molar-refractivity contribution is 5.72. The van der Waals surface area contributed by atoms with Gasteiger partial charge in [0.15, 0.2) is 0 Å². The Morgan fingerprint density at radius 3 is 3.06 bits per heavy atom. The molecule has 0 amide bonds. The van der Waals surface area contributed by atoms with Crippen LogP contribution in [0.15, 0.2) is 24.4 Å². The molecule has 2 atom stereocenters. The first-order valence-corrected chi connectivity index (χ1v) is 5.55. The number of carbonyl (C=O) groups excluding carboxylic acids is 1. The fraction of sp³-hybridized carbons (Fsp3) is 0.500. The van der Waals surface area contributed by atoms with E-state index in [2.05, 4.69) is 10.3 Å². The highest BCUT2D eigenvalue weighted by atomic mass is 16.5. The van der Waals surface area contributed by atoms with E-state index in [0.717, 1.165) is 25.1 Å². The van der Waals surface area contributed by atoms with Gasteiger partial charge in [0.25, 0.3) is 0 Å². The Kier molecular flexibility index (Phi) is 3.39. The van der Waals surface area contributed by atoms with Gasteiger partial charge in [-0.15, -0.1) is 0 Å². The quantitative estimate of drug-likeness (QED) is 0.790. The van der Waals surface area contributed by atoms with E-state index in [1.165, 1.54) is 7.11 Å². The Hall–Kier alpha value is -1.58. The molecular formula is C12H16N2O2. The van der Waals surface area contributed by atoms with Crippen LogP contribution in [0, 0.1) is 5.92 Å². The van der Waals surface area contributed by atoms with Crippen molar-refractivity contribution in [1.82, 2.24) is 4.98 Å². The molecule has 1 heterocycles. The Morgan fingerprint density at radius 2 is 2.38 bits per heavy atom. The predicted molar refractivity (Wildman–Crippen MR) is 61.0 cm³/mol. The van der Waals surface area contributed by atoms with Gasteiger partial charge in [0, 0.05) is 12.2 Å². The third kappa shape index (κ3) is 2.51.